The van der Waals surface area contributed by atoms with Crippen LogP contribution in [0.25, 0.3) is 0 Å². The van der Waals surface area contributed by atoms with Crippen molar-refractivity contribution in [2.75, 3.05) is 0 Å². The van der Waals surface area contributed by atoms with Gasteiger partial charge in [-0.3, -0.25) is 9.59 Å². The van der Waals surface area contributed by atoms with Crippen LogP contribution in [0.1, 0.15) is 123 Å². The smallest absolute Gasteiger partial charge is 0.245 e. The zero-order valence-corrected chi connectivity index (χ0v) is 28.0. The van der Waals surface area contributed by atoms with Gasteiger partial charge < -0.3 is 8.85 Å². The zero-order chi connectivity index (χ0) is 29.2. The van der Waals surface area contributed by atoms with E-state index >= 15 is 0 Å². The first-order valence-electron chi connectivity index (χ1n) is 15.8. The van der Waals surface area contributed by atoms with Crippen molar-refractivity contribution in [3.8, 4) is 11.5 Å². The SMILES string of the molecule is CCCCCCCC[Si](C)(C)Oc1cccc2c1C(=O)c1c(O[Si](C)(C)CCCCCCCC)cccc1C2=O. The summed E-state index contributed by atoms with van der Waals surface area (Å²) in [6, 6.07) is 13.0. The first-order valence-corrected chi connectivity index (χ1v) is 22.1. The van der Waals surface area contributed by atoms with E-state index < -0.39 is 16.6 Å². The van der Waals surface area contributed by atoms with Crippen LogP contribution in [-0.4, -0.2) is 28.2 Å². The monoisotopic (exact) mass is 580 g/mol. The van der Waals surface area contributed by atoms with Crippen molar-refractivity contribution >= 4 is 28.2 Å². The summed E-state index contributed by atoms with van der Waals surface area (Å²) in [6.45, 7) is 13.3. The summed E-state index contributed by atoms with van der Waals surface area (Å²) in [4.78, 5) is 27.7. The minimum Gasteiger partial charge on any atom is -0.544 e. The summed E-state index contributed by atoms with van der Waals surface area (Å²) in [5.74, 6) is 0.848. The number of benzene rings is 2. The molecular weight excluding hydrogens is 529 g/mol. The molecule has 4 nitrogen and oxygen atoms in total. The fourth-order valence-electron chi connectivity index (χ4n) is 5.71. The van der Waals surface area contributed by atoms with Crippen molar-refractivity contribution in [1.82, 2.24) is 0 Å². The summed E-state index contributed by atoms with van der Waals surface area (Å²) < 4.78 is 13.3. The maximum atomic E-state index is 14.1. The number of carbonyl (C=O) groups excluding carboxylic acids is 2. The molecule has 0 bridgehead atoms. The molecule has 0 saturated heterocycles. The van der Waals surface area contributed by atoms with E-state index in [1.54, 1.807) is 12.1 Å². The van der Waals surface area contributed by atoms with Gasteiger partial charge in [-0.25, -0.2) is 0 Å². The Hall–Kier alpha value is -2.19. The lowest BCUT2D eigenvalue weighted by atomic mass is 9.83. The van der Waals surface area contributed by atoms with Gasteiger partial charge in [0.25, 0.3) is 0 Å². The Kier molecular flexibility index (Phi) is 12.3. The molecule has 6 heteroatoms. The molecule has 220 valence electrons. The molecule has 0 fully saturated rings. The van der Waals surface area contributed by atoms with E-state index in [1.807, 2.05) is 24.3 Å². The van der Waals surface area contributed by atoms with Gasteiger partial charge in [0.2, 0.25) is 22.4 Å². The topological polar surface area (TPSA) is 52.6 Å². The fraction of sp³-hybridized carbons (Fsp3) is 0.588. The summed E-state index contributed by atoms with van der Waals surface area (Å²) in [6.07, 6.45) is 15.0. The number of fused-ring (bicyclic) bond motifs is 2. The van der Waals surface area contributed by atoms with Gasteiger partial charge in [0.1, 0.15) is 11.5 Å². The number of ketones is 2. The van der Waals surface area contributed by atoms with Gasteiger partial charge in [-0.15, -0.1) is 0 Å². The van der Waals surface area contributed by atoms with Crippen molar-refractivity contribution in [3.05, 3.63) is 58.7 Å². The molecule has 0 radical (unpaired) electrons. The molecule has 0 atom stereocenters. The standard InChI is InChI=1S/C34H52O4Si2/c1-7-9-11-13-15-17-25-39(3,4)37-29-23-19-21-27-31(29)34(36)32-28(33(27)35)22-20-24-30(32)38-40(5,6)26-18-16-14-12-10-8-2/h19-24H,7-18,25-26H2,1-6H3. The highest BCUT2D eigenvalue weighted by Gasteiger charge is 2.37. The van der Waals surface area contributed by atoms with Gasteiger partial charge in [0.05, 0.1) is 11.1 Å². The lowest BCUT2D eigenvalue weighted by Crippen LogP contribution is -2.36. The number of hydrogen-bond donors (Lipinski definition) is 0. The van der Waals surface area contributed by atoms with Crippen LogP contribution >= 0.6 is 0 Å². The molecular formula is C34H52O4Si2. The van der Waals surface area contributed by atoms with Crippen LogP contribution in [0.15, 0.2) is 36.4 Å². The van der Waals surface area contributed by atoms with Crippen molar-refractivity contribution in [2.24, 2.45) is 0 Å². The fourth-order valence-corrected chi connectivity index (χ4v) is 9.65. The van der Waals surface area contributed by atoms with E-state index in [1.165, 1.54) is 64.2 Å². The maximum absolute atomic E-state index is 14.1. The Morgan fingerprint density at radius 3 is 1.30 bits per heavy atom. The average molecular weight is 581 g/mol. The van der Waals surface area contributed by atoms with Crippen molar-refractivity contribution in [1.29, 1.82) is 0 Å². The molecule has 0 N–H and O–H groups in total. The third kappa shape index (κ3) is 8.91. The number of rotatable bonds is 18. The van der Waals surface area contributed by atoms with E-state index in [0.29, 0.717) is 33.8 Å². The van der Waals surface area contributed by atoms with Crippen LogP contribution in [0.3, 0.4) is 0 Å². The Balaban J connectivity index is 1.77. The predicted molar refractivity (Wildman–Crippen MR) is 172 cm³/mol. The lowest BCUT2D eigenvalue weighted by molar-refractivity contribution is 0.0976. The zero-order valence-electron chi connectivity index (χ0n) is 26.0. The molecule has 40 heavy (non-hydrogen) atoms. The summed E-state index contributed by atoms with van der Waals surface area (Å²) >= 11 is 0. The largest absolute Gasteiger partial charge is 0.544 e. The second-order valence-corrected chi connectivity index (χ2v) is 21.2. The first-order chi connectivity index (χ1) is 19.1. The molecule has 2 aromatic rings. The van der Waals surface area contributed by atoms with Gasteiger partial charge >= 0.3 is 0 Å². The highest BCUT2D eigenvalue weighted by Crippen LogP contribution is 2.39. The second kappa shape index (κ2) is 15.2. The molecule has 0 heterocycles. The van der Waals surface area contributed by atoms with E-state index in [2.05, 4.69) is 40.0 Å². The van der Waals surface area contributed by atoms with Gasteiger partial charge in [-0.05, 0) is 50.4 Å². The van der Waals surface area contributed by atoms with Gasteiger partial charge in [0.15, 0.2) is 5.78 Å². The predicted octanol–water partition coefficient (Wildman–Crippen LogP) is 10.4. The minimum atomic E-state index is -2.08. The van der Waals surface area contributed by atoms with Crippen LogP contribution in [0.5, 0.6) is 11.5 Å². The van der Waals surface area contributed by atoms with Crippen LogP contribution in [-0.2, 0) is 0 Å². The Bertz CT molecular complexity index is 1050. The molecule has 0 aromatic heterocycles. The third-order valence-electron chi connectivity index (χ3n) is 8.03. The van der Waals surface area contributed by atoms with E-state index in [-0.39, 0.29) is 11.6 Å². The van der Waals surface area contributed by atoms with Crippen molar-refractivity contribution in [2.45, 2.75) is 129 Å². The van der Waals surface area contributed by atoms with E-state index in [0.717, 1.165) is 24.9 Å². The summed E-state index contributed by atoms with van der Waals surface area (Å²) in [7, 11) is -4.16. The summed E-state index contributed by atoms with van der Waals surface area (Å²) in [5, 5.41) is 0. The van der Waals surface area contributed by atoms with Gasteiger partial charge in [-0.1, -0.05) is 115 Å². The van der Waals surface area contributed by atoms with Crippen LogP contribution in [0, 0.1) is 0 Å². The Morgan fingerprint density at radius 1 is 0.525 bits per heavy atom. The van der Waals surface area contributed by atoms with Crippen molar-refractivity contribution < 1.29 is 18.4 Å². The molecule has 0 unspecified atom stereocenters. The van der Waals surface area contributed by atoms with Gasteiger partial charge in [-0.2, -0.15) is 0 Å². The summed E-state index contributed by atoms with van der Waals surface area (Å²) in [5.41, 5.74) is 1.71. The van der Waals surface area contributed by atoms with E-state index in [4.69, 9.17) is 8.85 Å². The van der Waals surface area contributed by atoms with Crippen LogP contribution < -0.4 is 8.85 Å². The molecule has 0 spiro atoms. The lowest BCUT2D eigenvalue weighted by Gasteiger charge is -2.30. The molecule has 0 amide bonds. The third-order valence-corrected chi connectivity index (χ3v) is 12.7. The quantitative estimate of drug-likeness (QED) is 0.111. The minimum absolute atomic E-state index is 0.119. The molecule has 3 rings (SSSR count). The second-order valence-electron chi connectivity index (χ2n) is 12.8. The van der Waals surface area contributed by atoms with Crippen LogP contribution in [0.2, 0.25) is 38.3 Å². The Labute approximate surface area is 245 Å². The highest BCUT2D eigenvalue weighted by atomic mass is 28.4. The van der Waals surface area contributed by atoms with Crippen molar-refractivity contribution in [3.63, 3.8) is 0 Å². The number of unbranched alkanes of at least 4 members (excludes halogenated alkanes) is 10. The van der Waals surface area contributed by atoms with Gasteiger partial charge in [0, 0.05) is 11.1 Å². The number of carbonyl (C=O) groups is 2. The van der Waals surface area contributed by atoms with Crippen LogP contribution in [0.4, 0.5) is 0 Å². The number of hydrogen-bond acceptors (Lipinski definition) is 4. The van der Waals surface area contributed by atoms with E-state index in [9.17, 15) is 9.59 Å². The molecule has 2 aromatic carbocycles. The molecule has 1 aliphatic rings. The normalized spacial score (nSPS) is 13.2. The average Bonchev–Trinajstić information content (AvgIpc) is 2.90. The maximum Gasteiger partial charge on any atom is 0.245 e. The molecule has 0 saturated carbocycles. The Morgan fingerprint density at radius 2 is 0.900 bits per heavy atom. The first kappa shape index (κ1) is 32.3. The molecule has 0 aliphatic heterocycles. The molecule has 1 aliphatic carbocycles. The highest BCUT2D eigenvalue weighted by molar-refractivity contribution is 6.72.